The first kappa shape index (κ1) is 18.4. The molecule has 1 saturated heterocycles. The van der Waals surface area contributed by atoms with Gasteiger partial charge in [-0.2, -0.15) is 4.31 Å². The number of piperazine rings is 1. The van der Waals surface area contributed by atoms with Crippen molar-refractivity contribution in [2.24, 2.45) is 0 Å². The van der Waals surface area contributed by atoms with Crippen LogP contribution < -0.4 is 4.90 Å². The first-order valence-corrected chi connectivity index (χ1v) is 10.6. The van der Waals surface area contributed by atoms with Gasteiger partial charge in [0.05, 0.1) is 27.3 Å². The van der Waals surface area contributed by atoms with Crippen LogP contribution in [0.25, 0.3) is 11.0 Å². The number of rotatable bonds is 3. The maximum absolute atomic E-state index is 12.9. The lowest BCUT2D eigenvalue weighted by molar-refractivity contribution is 0.384. The fourth-order valence-electron chi connectivity index (χ4n) is 3.08. The van der Waals surface area contributed by atoms with Crippen LogP contribution in [0.2, 0.25) is 10.0 Å². The van der Waals surface area contributed by atoms with Crippen LogP contribution in [0.15, 0.2) is 53.6 Å². The highest BCUT2D eigenvalue weighted by Crippen LogP contribution is 2.31. The fourth-order valence-corrected chi connectivity index (χ4v) is 5.24. The van der Waals surface area contributed by atoms with Gasteiger partial charge >= 0.3 is 0 Å². The molecule has 0 spiro atoms. The molecule has 3 aromatic rings. The molecule has 140 valence electrons. The Hall–Kier alpha value is -1.93. The second kappa shape index (κ2) is 7.24. The van der Waals surface area contributed by atoms with E-state index in [1.807, 2.05) is 29.2 Å². The monoisotopic (exact) mass is 422 g/mol. The fraction of sp³-hybridized carbons (Fsp3) is 0.222. The minimum Gasteiger partial charge on any atom is -0.353 e. The summed E-state index contributed by atoms with van der Waals surface area (Å²) >= 11 is 12.1. The highest BCUT2D eigenvalue weighted by atomic mass is 35.5. The molecule has 4 rings (SSSR count). The van der Waals surface area contributed by atoms with E-state index in [4.69, 9.17) is 23.2 Å². The van der Waals surface area contributed by atoms with E-state index in [1.54, 1.807) is 18.3 Å². The van der Waals surface area contributed by atoms with Crippen molar-refractivity contribution < 1.29 is 8.42 Å². The summed E-state index contributed by atoms with van der Waals surface area (Å²) in [6, 6.07) is 12.3. The molecular formula is C18H16Cl2N4O2S. The van der Waals surface area contributed by atoms with Crippen molar-refractivity contribution in [3.8, 4) is 0 Å². The Morgan fingerprint density at radius 1 is 0.889 bits per heavy atom. The van der Waals surface area contributed by atoms with Crippen molar-refractivity contribution in [3.63, 3.8) is 0 Å². The van der Waals surface area contributed by atoms with E-state index >= 15 is 0 Å². The first-order valence-electron chi connectivity index (χ1n) is 8.38. The molecule has 0 aliphatic carbocycles. The van der Waals surface area contributed by atoms with Crippen LogP contribution in [0.3, 0.4) is 0 Å². The van der Waals surface area contributed by atoms with Gasteiger partial charge in [-0.3, -0.25) is 4.98 Å². The maximum atomic E-state index is 12.9. The molecule has 6 nitrogen and oxygen atoms in total. The van der Waals surface area contributed by atoms with Gasteiger partial charge in [-0.15, -0.1) is 0 Å². The van der Waals surface area contributed by atoms with Crippen LogP contribution >= 0.6 is 23.2 Å². The molecule has 2 heterocycles. The molecule has 0 bridgehead atoms. The van der Waals surface area contributed by atoms with Crippen molar-refractivity contribution >= 4 is 50.1 Å². The first-order chi connectivity index (χ1) is 13.0. The molecule has 0 radical (unpaired) electrons. The van der Waals surface area contributed by atoms with Crippen LogP contribution in [0.1, 0.15) is 0 Å². The number of fused-ring (bicyclic) bond motifs is 1. The zero-order valence-electron chi connectivity index (χ0n) is 14.2. The van der Waals surface area contributed by atoms with Gasteiger partial charge in [-0.05, 0) is 24.3 Å². The third-order valence-corrected chi connectivity index (χ3v) is 7.40. The number of sulfonamides is 1. The number of anilines is 1. The molecule has 2 aromatic carbocycles. The summed E-state index contributed by atoms with van der Waals surface area (Å²) in [7, 11) is -3.70. The SMILES string of the molecule is O=S(=O)(c1cccc(Cl)c1Cl)N1CCN(c2cnc3ccccc3n2)CC1. The number of nitrogens with zero attached hydrogens (tertiary/aromatic N) is 4. The van der Waals surface area contributed by atoms with Crippen LogP contribution in [-0.2, 0) is 10.0 Å². The molecule has 0 unspecified atom stereocenters. The second-order valence-corrected chi connectivity index (χ2v) is 8.85. The number of hydrogen-bond donors (Lipinski definition) is 0. The van der Waals surface area contributed by atoms with E-state index in [1.165, 1.54) is 10.4 Å². The normalized spacial score (nSPS) is 16.0. The van der Waals surface area contributed by atoms with Gasteiger partial charge in [0, 0.05) is 26.2 Å². The molecule has 0 N–H and O–H groups in total. The smallest absolute Gasteiger partial charge is 0.244 e. The Morgan fingerprint density at radius 3 is 2.33 bits per heavy atom. The van der Waals surface area contributed by atoms with E-state index in [-0.39, 0.29) is 14.9 Å². The molecule has 1 fully saturated rings. The minimum absolute atomic E-state index is 0.0376. The van der Waals surface area contributed by atoms with Crippen LogP contribution in [0, 0.1) is 0 Å². The second-order valence-electron chi connectivity index (χ2n) is 6.16. The van der Waals surface area contributed by atoms with Crippen molar-refractivity contribution in [1.29, 1.82) is 0 Å². The van der Waals surface area contributed by atoms with Gasteiger partial charge in [-0.25, -0.2) is 13.4 Å². The predicted molar refractivity (Wildman–Crippen MR) is 107 cm³/mol. The Bertz CT molecular complexity index is 1100. The van der Waals surface area contributed by atoms with Crippen LogP contribution in [0.5, 0.6) is 0 Å². The zero-order chi connectivity index (χ0) is 19.0. The van der Waals surface area contributed by atoms with Gasteiger partial charge in [0.1, 0.15) is 10.7 Å². The summed E-state index contributed by atoms with van der Waals surface area (Å²) in [5.41, 5.74) is 1.65. The summed E-state index contributed by atoms with van der Waals surface area (Å²) in [5, 5.41) is 0.282. The predicted octanol–water partition coefficient (Wildman–Crippen LogP) is 3.45. The van der Waals surface area contributed by atoms with Gasteiger partial charge in [-0.1, -0.05) is 41.4 Å². The lowest BCUT2D eigenvalue weighted by Gasteiger charge is -2.34. The van der Waals surface area contributed by atoms with Gasteiger partial charge < -0.3 is 4.90 Å². The van der Waals surface area contributed by atoms with Crippen LogP contribution in [0.4, 0.5) is 5.82 Å². The highest BCUT2D eigenvalue weighted by Gasteiger charge is 2.31. The molecule has 0 saturated carbocycles. The van der Waals surface area contributed by atoms with E-state index in [0.717, 1.165) is 16.9 Å². The molecule has 0 atom stereocenters. The van der Waals surface area contributed by atoms with Crippen LogP contribution in [-0.4, -0.2) is 48.9 Å². The van der Waals surface area contributed by atoms with E-state index < -0.39 is 10.0 Å². The lowest BCUT2D eigenvalue weighted by atomic mass is 10.3. The number of benzene rings is 2. The van der Waals surface area contributed by atoms with Gasteiger partial charge in [0.25, 0.3) is 0 Å². The molecule has 1 aromatic heterocycles. The molecule has 27 heavy (non-hydrogen) atoms. The summed E-state index contributed by atoms with van der Waals surface area (Å²) < 4.78 is 27.3. The topological polar surface area (TPSA) is 66.4 Å². The zero-order valence-corrected chi connectivity index (χ0v) is 16.5. The van der Waals surface area contributed by atoms with Gasteiger partial charge in [0.2, 0.25) is 10.0 Å². The summed E-state index contributed by atoms with van der Waals surface area (Å²) in [6.07, 6.45) is 1.72. The summed E-state index contributed by atoms with van der Waals surface area (Å²) in [5.74, 6) is 0.742. The van der Waals surface area contributed by atoms with Crippen molar-refractivity contribution in [1.82, 2.24) is 14.3 Å². The Labute approximate surface area is 167 Å². The summed E-state index contributed by atoms with van der Waals surface area (Å²) in [4.78, 5) is 11.1. The lowest BCUT2D eigenvalue weighted by Crippen LogP contribution is -2.49. The Balaban J connectivity index is 1.53. The maximum Gasteiger partial charge on any atom is 0.244 e. The minimum atomic E-state index is -3.70. The largest absolute Gasteiger partial charge is 0.353 e. The van der Waals surface area contributed by atoms with Crippen molar-refractivity contribution in [2.75, 3.05) is 31.1 Å². The summed E-state index contributed by atoms with van der Waals surface area (Å²) in [6.45, 7) is 1.70. The molecule has 1 aliphatic heterocycles. The third-order valence-electron chi connectivity index (χ3n) is 4.53. The average molecular weight is 423 g/mol. The molecular weight excluding hydrogens is 407 g/mol. The van der Waals surface area contributed by atoms with E-state index in [0.29, 0.717) is 26.2 Å². The highest BCUT2D eigenvalue weighted by molar-refractivity contribution is 7.89. The molecule has 1 aliphatic rings. The number of hydrogen-bond acceptors (Lipinski definition) is 5. The average Bonchev–Trinajstić information content (AvgIpc) is 2.69. The van der Waals surface area contributed by atoms with E-state index in [2.05, 4.69) is 9.97 Å². The quantitative estimate of drug-likeness (QED) is 0.646. The van der Waals surface area contributed by atoms with Gasteiger partial charge in [0.15, 0.2) is 0 Å². The van der Waals surface area contributed by atoms with Crippen molar-refractivity contribution in [3.05, 3.63) is 58.7 Å². The molecule has 9 heteroatoms. The Kier molecular flexibility index (Phi) is 4.94. The van der Waals surface area contributed by atoms with E-state index in [9.17, 15) is 8.42 Å². The number of halogens is 2. The Morgan fingerprint density at radius 2 is 1.59 bits per heavy atom. The number of aromatic nitrogens is 2. The third kappa shape index (κ3) is 3.48. The standard InChI is InChI=1S/C18H16Cl2N4O2S/c19-13-4-3-7-16(18(13)20)27(25,26)24-10-8-23(9-11-24)17-12-21-14-5-1-2-6-15(14)22-17/h1-7,12H,8-11H2. The van der Waals surface area contributed by atoms with Crippen molar-refractivity contribution in [2.45, 2.75) is 4.90 Å². The number of para-hydroxylation sites is 2. The molecule has 0 amide bonds.